The second-order valence-corrected chi connectivity index (χ2v) is 8.05. The fourth-order valence-electron chi connectivity index (χ4n) is 3.83. The van der Waals surface area contributed by atoms with Crippen LogP contribution in [0.15, 0.2) is 54.9 Å². The average Bonchev–Trinajstić information content (AvgIpc) is 3.33. The lowest BCUT2D eigenvalue weighted by atomic mass is 9.89. The smallest absolute Gasteiger partial charge is 0.113 e. The van der Waals surface area contributed by atoms with Crippen molar-refractivity contribution in [3.05, 3.63) is 88.2 Å². The molecule has 32 heavy (non-hydrogen) atoms. The summed E-state index contributed by atoms with van der Waals surface area (Å²) in [5.41, 5.74) is 5.66. The van der Waals surface area contributed by atoms with Crippen LogP contribution in [0, 0.1) is 18.8 Å². The highest BCUT2D eigenvalue weighted by Gasteiger charge is 2.43. The molecule has 1 saturated heterocycles. The Kier molecular flexibility index (Phi) is 6.70. The third kappa shape index (κ3) is 4.75. The van der Waals surface area contributed by atoms with Gasteiger partial charge in [0.2, 0.25) is 0 Å². The highest BCUT2D eigenvalue weighted by Crippen LogP contribution is 2.33. The van der Waals surface area contributed by atoms with E-state index >= 15 is 0 Å². The molecule has 7 nitrogen and oxygen atoms in total. The van der Waals surface area contributed by atoms with E-state index in [-0.39, 0.29) is 0 Å². The quantitative estimate of drug-likeness (QED) is 0.394. The first kappa shape index (κ1) is 22.2. The monoisotopic (exact) mass is 434 g/mol. The van der Waals surface area contributed by atoms with Gasteiger partial charge in [0.25, 0.3) is 0 Å². The number of aromatic amines is 1. The SMILES string of the molecule is Cc1ccc([C@@H]2O[C@H](CO)[C@@H](O)C(O)[C@H]2O)cc1Cc1ccc(C#Cc2cn[nH]c2)cc1. The molecule has 7 heteroatoms. The van der Waals surface area contributed by atoms with Gasteiger partial charge in [0, 0.05) is 11.8 Å². The van der Waals surface area contributed by atoms with Crippen molar-refractivity contribution in [3.63, 3.8) is 0 Å². The zero-order valence-electron chi connectivity index (χ0n) is 17.6. The lowest BCUT2D eigenvalue weighted by Gasteiger charge is -2.40. The standard InChI is InChI=1S/C25H26N2O5/c1-15-2-9-19(25-24(31)23(30)22(29)21(14-28)32-25)11-20(15)10-17-6-3-16(4-7-17)5-8-18-12-26-27-13-18/h2-4,6-7,9,11-13,21-25,28-31H,10,14H2,1H3,(H,26,27)/t21-,22-,23?,24-,25+/m1/s1. The van der Waals surface area contributed by atoms with Crippen LogP contribution in [0.5, 0.6) is 0 Å². The van der Waals surface area contributed by atoms with Crippen LogP contribution < -0.4 is 0 Å². The summed E-state index contributed by atoms with van der Waals surface area (Å²) < 4.78 is 5.70. The van der Waals surface area contributed by atoms with Crippen molar-refractivity contribution >= 4 is 0 Å². The molecule has 3 aromatic rings. The van der Waals surface area contributed by atoms with Crippen LogP contribution in [-0.2, 0) is 11.2 Å². The van der Waals surface area contributed by atoms with Crippen molar-refractivity contribution in [1.29, 1.82) is 0 Å². The minimum absolute atomic E-state index is 0.448. The molecular formula is C25H26N2O5. The molecule has 5 atom stereocenters. The van der Waals surface area contributed by atoms with Crippen LogP contribution in [0.3, 0.4) is 0 Å². The van der Waals surface area contributed by atoms with Gasteiger partial charge in [-0.1, -0.05) is 42.2 Å². The number of hydrogen-bond donors (Lipinski definition) is 5. The van der Waals surface area contributed by atoms with Crippen molar-refractivity contribution in [1.82, 2.24) is 10.2 Å². The molecule has 0 aliphatic carbocycles. The zero-order chi connectivity index (χ0) is 22.7. The number of aryl methyl sites for hydroxylation is 1. The Hall–Kier alpha value is -2.99. The first-order valence-corrected chi connectivity index (χ1v) is 10.5. The Morgan fingerprint density at radius 3 is 2.41 bits per heavy atom. The second-order valence-electron chi connectivity index (χ2n) is 8.05. The van der Waals surface area contributed by atoms with Gasteiger partial charge in [0.05, 0.1) is 18.4 Å². The maximum absolute atomic E-state index is 10.4. The van der Waals surface area contributed by atoms with E-state index in [1.165, 1.54) is 0 Å². The van der Waals surface area contributed by atoms with Crippen LogP contribution >= 0.6 is 0 Å². The number of aliphatic hydroxyl groups is 4. The van der Waals surface area contributed by atoms with E-state index in [2.05, 4.69) is 22.0 Å². The molecule has 166 valence electrons. The largest absolute Gasteiger partial charge is 0.394 e. The molecule has 0 spiro atoms. The summed E-state index contributed by atoms with van der Waals surface area (Å²) in [5, 5.41) is 46.6. The molecular weight excluding hydrogens is 408 g/mol. The van der Waals surface area contributed by atoms with Gasteiger partial charge >= 0.3 is 0 Å². The second kappa shape index (κ2) is 9.65. The van der Waals surface area contributed by atoms with Crippen molar-refractivity contribution in [2.75, 3.05) is 6.61 Å². The van der Waals surface area contributed by atoms with Crippen molar-refractivity contribution in [2.45, 2.75) is 43.9 Å². The predicted molar refractivity (Wildman–Crippen MR) is 118 cm³/mol. The molecule has 1 aromatic heterocycles. The summed E-state index contributed by atoms with van der Waals surface area (Å²) >= 11 is 0. The maximum Gasteiger partial charge on any atom is 0.113 e. The van der Waals surface area contributed by atoms with E-state index in [1.807, 2.05) is 49.4 Å². The molecule has 1 unspecified atom stereocenters. The Bertz CT molecular complexity index is 1100. The Morgan fingerprint density at radius 1 is 0.969 bits per heavy atom. The first-order valence-electron chi connectivity index (χ1n) is 10.5. The summed E-state index contributed by atoms with van der Waals surface area (Å²) in [6.07, 6.45) is -1.75. The van der Waals surface area contributed by atoms with Gasteiger partial charge in [-0.05, 0) is 47.7 Å². The summed E-state index contributed by atoms with van der Waals surface area (Å²) in [5.74, 6) is 6.15. The molecule has 0 radical (unpaired) electrons. The van der Waals surface area contributed by atoms with Gasteiger partial charge in [-0.15, -0.1) is 0 Å². The Morgan fingerprint density at radius 2 is 1.72 bits per heavy atom. The molecule has 0 saturated carbocycles. The summed E-state index contributed by atoms with van der Waals surface area (Å²) in [6.45, 7) is 1.56. The van der Waals surface area contributed by atoms with Crippen LogP contribution in [-0.4, -0.2) is 61.6 Å². The van der Waals surface area contributed by atoms with Crippen LogP contribution in [0.4, 0.5) is 0 Å². The predicted octanol–water partition coefficient (Wildman–Crippen LogP) is 1.22. The Balaban J connectivity index is 1.52. The first-order chi connectivity index (χ1) is 15.5. The number of rotatable bonds is 4. The van der Waals surface area contributed by atoms with Crippen LogP contribution in [0.1, 0.15) is 39.5 Å². The fourth-order valence-corrected chi connectivity index (χ4v) is 3.83. The van der Waals surface area contributed by atoms with Gasteiger partial charge in [-0.25, -0.2) is 0 Å². The molecule has 1 aliphatic heterocycles. The summed E-state index contributed by atoms with van der Waals surface area (Å²) in [7, 11) is 0. The van der Waals surface area contributed by atoms with Gasteiger partial charge in [-0.3, -0.25) is 5.10 Å². The number of hydrogen-bond acceptors (Lipinski definition) is 6. The van der Waals surface area contributed by atoms with E-state index in [1.54, 1.807) is 12.4 Å². The summed E-state index contributed by atoms with van der Waals surface area (Å²) in [4.78, 5) is 0. The third-order valence-corrected chi connectivity index (χ3v) is 5.79. The number of nitrogens with zero attached hydrogens (tertiary/aromatic N) is 1. The average molecular weight is 434 g/mol. The highest BCUT2D eigenvalue weighted by molar-refractivity contribution is 5.43. The van der Waals surface area contributed by atoms with Crippen molar-refractivity contribution in [3.8, 4) is 11.8 Å². The number of aliphatic hydroxyl groups excluding tert-OH is 4. The molecule has 0 amide bonds. The molecule has 2 aromatic carbocycles. The molecule has 1 fully saturated rings. The van der Waals surface area contributed by atoms with Crippen molar-refractivity contribution in [2.24, 2.45) is 0 Å². The Labute approximate surface area is 186 Å². The van der Waals surface area contributed by atoms with Gasteiger partial charge in [0.15, 0.2) is 0 Å². The van der Waals surface area contributed by atoms with Gasteiger partial charge in [0.1, 0.15) is 30.5 Å². The van der Waals surface area contributed by atoms with Crippen LogP contribution in [0.25, 0.3) is 0 Å². The van der Waals surface area contributed by atoms with E-state index in [0.717, 1.165) is 27.8 Å². The minimum atomic E-state index is -1.40. The van der Waals surface area contributed by atoms with E-state index < -0.39 is 37.1 Å². The number of benzene rings is 2. The molecule has 2 heterocycles. The van der Waals surface area contributed by atoms with E-state index in [4.69, 9.17) is 4.74 Å². The lowest BCUT2D eigenvalue weighted by Crippen LogP contribution is -2.55. The fraction of sp³-hybridized carbons (Fsp3) is 0.320. The van der Waals surface area contributed by atoms with E-state index in [9.17, 15) is 20.4 Å². The normalized spacial score (nSPS) is 25.2. The van der Waals surface area contributed by atoms with Gasteiger partial charge in [-0.2, -0.15) is 5.10 Å². The maximum atomic E-state index is 10.4. The highest BCUT2D eigenvalue weighted by atomic mass is 16.5. The molecule has 4 rings (SSSR count). The van der Waals surface area contributed by atoms with E-state index in [0.29, 0.717) is 12.0 Å². The number of aromatic nitrogens is 2. The lowest BCUT2D eigenvalue weighted by molar-refractivity contribution is -0.231. The number of ether oxygens (including phenoxy) is 1. The molecule has 5 N–H and O–H groups in total. The van der Waals surface area contributed by atoms with Crippen LogP contribution in [0.2, 0.25) is 0 Å². The number of nitrogens with one attached hydrogen (secondary N) is 1. The summed E-state index contributed by atoms with van der Waals surface area (Å²) in [6, 6.07) is 13.7. The van der Waals surface area contributed by atoms with Gasteiger partial charge < -0.3 is 25.2 Å². The minimum Gasteiger partial charge on any atom is -0.394 e. The molecule has 1 aliphatic rings. The topological polar surface area (TPSA) is 119 Å². The third-order valence-electron chi connectivity index (χ3n) is 5.79. The van der Waals surface area contributed by atoms with Crippen molar-refractivity contribution < 1.29 is 25.2 Å². The zero-order valence-corrected chi connectivity index (χ0v) is 17.6. The number of H-pyrrole nitrogens is 1. The molecule has 0 bridgehead atoms.